The van der Waals surface area contributed by atoms with Gasteiger partial charge >= 0.3 is 0 Å². The lowest BCUT2D eigenvalue weighted by Crippen LogP contribution is -2.35. The summed E-state index contributed by atoms with van der Waals surface area (Å²) in [5, 5.41) is 0. The molecule has 0 saturated heterocycles. The number of benzene rings is 3. The molecular formula is C25H24N6O. The van der Waals surface area contributed by atoms with E-state index in [0.29, 0.717) is 17.3 Å². The number of nitrogens with one attached hydrogen (secondary N) is 2. The first kappa shape index (κ1) is 20.9. The van der Waals surface area contributed by atoms with Gasteiger partial charge in [0, 0.05) is 12.7 Å². The van der Waals surface area contributed by atoms with Gasteiger partial charge in [0.1, 0.15) is 12.0 Å². The molecule has 1 aromatic heterocycles. The van der Waals surface area contributed by atoms with E-state index in [4.69, 9.17) is 5.73 Å². The van der Waals surface area contributed by atoms with E-state index in [-0.39, 0.29) is 5.91 Å². The van der Waals surface area contributed by atoms with Gasteiger partial charge in [-0.05, 0) is 23.3 Å². The number of hydrazine groups is 1. The number of hydrogen-bond donors (Lipinski definition) is 3. The van der Waals surface area contributed by atoms with E-state index in [1.807, 2.05) is 103 Å². The zero-order valence-corrected chi connectivity index (χ0v) is 17.6. The van der Waals surface area contributed by atoms with Crippen molar-refractivity contribution in [2.45, 2.75) is 5.92 Å². The Morgan fingerprint density at radius 3 is 1.94 bits per heavy atom. The number of hydrogen-bond acceptors (Lipinski definition) is 6. The Bertz CT molecular complexity index is 1130. The second-order valence-corrected chi connectivity index (χ2v) is 7.22. The van der Waals surface area contributed by atoms with Crippen molar-refractivity contribution in [2.24, 2.45) is 0 Å². The topological polar surface area (TPSA) is 96.2 Å². The maximum Gasteiger partial charge on any atom is 0.250 e. The summed E-state index contributed by atoms with van der Waals surface area (Å²) in [6, 6.07) is 29.0. The highest BCUT2D eigenvalue weighted by atomic mass is 16.2. The highest BCUT2D eigenvalue weighted by Crippen LogP contribution is 2.30. The maximum atomic E-state index is 13.2. The Morgan fingerprint density at radius 1 is 0.844 bits per heavy atom. The molecule has 0 bridgehead atoms. The van der Waals surface area contributed by atoms with Crippen LogP contribution in [0.15, 0.2) is 97.3 Å². The molecule has 0 aliphatic carbocycles. The molecule has 160 valence electrons. The molecule has 0 aliphatic heterocycles. The standard InChI is InChI=1S/C25H24N6O/c1-31(20-15-9-4-10-16-20)24-22(26)23(27-17-28-24)29-30-25(32)21(18-11-5-2-6-12-18)19-13-7-3-8-14-19/h2-17,21H,26H2,1H3,(H,30,32)(H,27,28,29). The Balaban J connectivity index is 1.55. The van der Waals surface area contributed by atoms with Crippen molar-refractivity contribution in [3.63, 3.8) is 0 Å². The van der Waals surface area contributed by atoms with Crippen LogP contribution < -0.4 is 21.5 Å². The fourth-order valence-corrected chi connectivity index (χ4v) is 3.51. The van der Waals surface area contributed by atoms with E-state index in [2.05, 4.69) is 20.8 Å². The molecule has 1 heterocycles. The first-order valence-electron chi connectivity index (χ1n) is 10.2. The van der Waals surface area contributed by atoms with Crippen molar-refractivity contribution < 1.29 is 4.79 Å². The lowest BCUT2D eigenvalue weighted by molar-refractivity contribution is -0.121. The molecule has 0 aliphatic rings. The molecule has 3 aromatic carbocycles. The van der Waals surface area contributed by atoms with Gasteiger partial charge in [-0.2, -0.15) is 0 Å². The largest absolute Gasteiger partial charge is 0.393 e. The zero-order valence-electron chi connectivity index (χ0n) is 17.6. The molecule has 7 heteroatoms. The molecule has 4 N–H and O–H groups in total. The molecular weight excluding hydrogens is 400 g/mol. The van der Waals surface area contributed by atoms with Crippen molar-refractivity contribution in [1.82, 2.24) is 15.4 Å². The zero-order chi connectivity index (χ0) is 22.3. The fraction of sp³-hybridized carbons (Fsp3) is 0.0800. The van der Waals surface area contributed by atoms with E-state index in [1.54, 1.807) is 0 Å². The number of aromatic nitrogens is 2. The van der Waals surface area contributed by atoms with Gasteiger partial charge in [-0.1, -0.05) is 78.9 Å². The summed E-state index contributed by atoms with van der Waals surface area (Å²) in [6.07, 6.45) is 1.41. The van der Waals surface area contributed by atoms with Crippen LogP contribution in [0.5, 0.6) is 0 Å². The van der Waals surface area contributed by atoms with E-state index in [9.17, 15) is 4.79 Å². The van der Waals surface area contributed by atoms with Gasteiger partial charge in [0.25, 0.3) is 0 Å². The van der Waals surface area contributed by atoms with Crippen molar-refractivity contribution in [2.75, 3.05) is 23.1 Å². The summed E-state index contributed by atoms with van der Waals surface area (Å²) in [6.45, 7) is 0. The van der Waals surface area contributed by atoms with Gasteiger partial charge in [0.2, 0.25) is 5.91 Å². The molecule has 4 rings (SSSR count). The SMILES string of the molecule is CN(c1ccccc1)c1ncnc(NNC(=O)C(c2ccccc2)c2ccccc2)c1N. The predicted octanol–water partition coefficient (Wildman–Crippen LogP) is 4.10. The van der Waals surface area contributed by atoms with Crippen LogP contribution in [-0.2, 0) is 4.79 Å². The molecule has 0 saturated carbocycles. The third kappa shape index (κ3) is 4.52. The lowest BCUT2D eigenvalue weighted by atomic mass is 9.91. The number of rotatable bonds is 7. The van der Waals surface area contributed by atoms with E-state index < -0.39 is 5.92 Å². The highest BCUT2D eigenvalue weighted by Gasteiger charge is 2.23. The number of carbonyl (C=O) groups excluding carboxylic acids is 1. The van der Waals surface area contributed by atoms with Crippen LogP contribution in [0.4, 0.5) is 23.0 Å². The summed E-state index contributed by atoms with van der Waals surface area (Å²) >= 11 is 0. The van der Waals surface area contributed by atoms with Gasteiger partial charge in [0.15, 0.2) is 11.6 Å². The van der Waals surface area contributed by atoms with E-state index in [1.165, 1.54) is 6.33 Å². The molecule has 0 atom stereocenters. The molecule has 1 amide bonds. The molecule has 0 spiro atoms. The van der Waals surface area contributed by atoms with Gasteiger partial charge < -0.3 is 10.6 Å². The average molecular weight is 425 g/mol. The molecule has 32 heavy (non-hydrogen) atoms. The Hall–Kier alpha value is -4.39. The van der Waals surface area contributed by atoms with Crippen LogP contribution in [-0.4, -0.2) is 22.9 Å². The first-order chi connectivity index (χ1) is 15.6. The van der Waals surface area contributed by atoms with Crippen LogP contribution in [0.2, 0.25) is 0 Å². The lowest BCUT2D eigenvalue weighted by Gasteiger charge is -2.22. The number of para-hydroxylation sites is 1. The smallest absolute Gasteiger partial charge is 0.250 e. The highest BCUT2D eigenvalue weighted by molar-refractivity contribution is 5.89. The average Bonchev–Trinajstić information content (AvgIpc) is 2.85. The summed E-state index contributed by atoms with van der Waals surface area (Å²) < 4.78 is 0. The van der Waals surface area contributed by atoms with Gasteiger partial charge in [-0.15, -0.1) is 0 Å². The second-order valence-electron chi connectivity index (χ2n) is 7.22. The minimum Gasteiger partial charge on any atom is -0.393 e. The van der Waals surface area contributed by atoms with Gasteiger partial charge in [0.05, 0.1) is 5.92 Å². The van der Waals surface area contributed by atoms with Crippen LogP contribution in [0.3, 0.4) is 0 Å². The number of anilines is 4. The quantitative estimate of drug-likeness (QED) is 0.387. The number of amides is 1. The molecule has 4 aromatic rings. The molecule has 0 unspecified atom stereocenters. The third-order valence-corrected chi connectivity index (χ3v) is 5.16. The minimum absolute atomic E-state index is 0.224. The summed E-state index contributed by atoms with van der Waals surface area (Å²) in [7, 11) is 1.87. The third-order valence-electron chi connectivity index (χ3n) is 5.16. The normalized spacial score (nSPS) is 10.6. The number of nitrogens with zero attached hydrogens (tertiary/aromatic N) is 3. The van der Waals surface area contributed by atoms with Crippen molar-refractivity contribution in [3.8, 4) is 0 Å². The van der Waals surface area contributed by atoms with Crippen LogP contribution in [0, 0.1) is 0 Å². The monoisotopic (exact) mass is 424 g/mol. The van der Waals surface area contributed by atoms with Crippen molar-refractivity contribution >= 4 is 28.9 Å². The second kappa shape index (κ2) is 9.61. The van der Waals surface area contributed by atoms with Gasteiger partial charge in [-0.25, -0.2) is 9.97 Å². The molecule has 0 radical (unpaired) electrons. The summed E-state index contributed by atoms with van der Waals surface area (Å²) in [4.78, 5) is 23.6. The predicted molar refractivity (Wildman–Crippen MR) is 127 cm³/mol. The van der Waals surface area contributed by atoms with E-state index >= 15 is 0 Å². The fourth-order valence-electron chi connectivity index (χ4n) is 3.51. The summed E-state index contributed by atoms with van der Waals surface area (Å²) in [5.41, 5.74) is 15.0. The minimum atomic E-state index is -0.487. The number of nitrogens with two attached hydrogens (primary N) is 1. The maximum absolute atomic E-state index is 13.2. The Kier molecular flexibility index (Phi) is 6.27. The number of carbonyl (C=O) groups is 1. The Morgan fingerprint density at radius 2 is 1.38 bits per heavy atom. The number of nitrogen functional groups attached to an aromatic ring is 1. The van der Waals surface area contributed by atoms with Crippen molar-refractivity contribution in [1.29, 1.82) is 0 Å². The van der Waals surface area contributed by atoms with Crippen LogP contribution >= 0.6 is 0 Å². The first-order valence-corrected chi connectivity index (χ1v) is 10.2. The van der Waals surface area contributed by atoms with Crippen LogP contribution in [0.1, 0.15) is 17.0 Å². The van der Waals surface area contributed by atoms with Crippen LogP contribution in [0.25, 0.3) is 0 Å². The molecule has 7 nitrogen and oxygen atoms in total. The van der Waals surface area contributed by atoms with Crippen molar-refractivity contribution in [3.05, 3.63) is 108 Å². The summed E-state index contributed by atoms with van der Waals surface area (Å²) in [5.74, 6) is 0.148. The van der Waals surface area contributed by atoms with Gasteiger partial charge in [-0.3, -0.25) is 15.6 Å². The Labute approximate surface area is 186 Å². The molecule has 0 fully saturated rings. The van der Waals surface area contributed by atoms with E-state index in [0.717, 1.165) is 16.8 Å².